The molecule has 0 atom stereocenters. The molecular formula is C9H10N2O4. The SMILES string of the molecule is O=C(O)c1cn(C2CCC2)c(=O)[nH]c1=O. The van der Waals surface area contributed by atoms with E-state index in [9.17, 15) is 14.4 Å². The Hall–Kier alpha value is -1.85. The van der Waals surface area contributed by atoms with Crippen LogP contribution >= 0.6 is 0 Å². The van der Waals surface area contributed by atoms with E-state index in [0.717, 1.165) is 25.5 Å². The Morgan fingerprint density at radius 2 is 2.13 bits per heavy atom. The van der Waals surface area contributed by atoms with Crippen molar-refractivity contribution < 1.29 is 9.90 Å². The third-order valence-electron chi connectivity index (χ3n) is 2.67. The summed E-state index contributed by atoms with van der Waals surface area (Å²) in [4.78, 5) is 35.2. The first-order chi connectivity index (χ1) is 7.09. The van der Waals surface area contributed by atoms with E-state index in [4.69, 9.17) is 5.11 Å². The number of aromatic amines is 1. The lowest BCUT2D eigenvalue weighted by molar-refractivity contribution is 0.0693. The number of hydrogen-bond donors (Lipinski definition) is 2. The molecule has 1 aliphatic rings. The summed E-state index contributed by atoms with van der Waals surface area (Å²) in [6.07, 6.45) is 3.86. The monoisotopic (exact) mass is 210 g/mol. The highest BCUT2D eigenvalue weighted by Gasteiger charge is 2.22. The Morgan fingerprint density at radius 1 is 1.47 bits per heavy atom. The highest BCUT2D eigenvalue weighted by Crippen LogP contribution is 2.29. The third-order valence-corrected chi connectivity index (χ3v) is 2.67. The zero-order valence-electron chi connectivity index (χ0n) is 7.90. The normalized spacial score (nSPS) is 16.0. The Balaban J connectivity index is 2.55. The zero-order chi connectivity index (χ0) is 11.0. The molecule has 0 saturated heterocycles. The van der Waals surface area contributed by atoms with Gasteiger partial charge >= 0.3 is 11.7 Å². The van der Waals surface area contributed by atoms with Crippen molar-refractivity contribution in [2.24, 2.45) is 0 Å². The molecule has 6 heteroatoms. The van der Waals surface area contributed by atoms with Gasteiger partial charge in [-0.25, -0.2) is 9.59 Å². The molecule has 0 spiro atoms. The highest BCUT2D eigenvalue weighted by molar-refractivity contribution is 5.86. The van der Waals surface area contributed by atoms with E-state index >= 15 is 0 Å². The molecule has 1 saturated carbocycles. The van der Waals surface area contributed by atoms with Crippen LogP contribution in [0.2, 0.25) is 0 Å². The highest BCUT2D eigenvalue weighted by atomic mass is 16.4. The number of H-pyrrole nitrogens is 1. The molecule has 0 aromatic carbocycles. The van der Waals surface area contributed by atoms with Crippen LogP contribution in [0.25, 0.3) is 0 Å². The number of carboxylic acids is 1. The molecule has 0 aliphatic heterocycles. The van der Waals surface area contributed by atoms with Crippen LogP contribution in [0.3, 0.4) is 0 Å². The quantitative estimate of drug-likeness (QED) is 0.716. The number of carbonyl (C=O) groups is 1. The topological polar surface area (TPSA) is 92.2 Å². The largest absolute Gasteiger partial charge is 0.477 e. The Morgan fingerprint density at radius 3 is 2.60 bits per heavy atom. The van der Waals surface area contributed by atoms with Gasteiger partial charge in [0, 0.05) is 12.2 Å². The molecule has 80 valence electrons. The molecule has 2 rings (SSSR count). The van der Waals surface area contributed by atoms with Crippen molar-refractivity contribution in [3.05, 3.63) is 32.6 Å². The minimum atomic E-state index is -1.32. The van der Waals surface area contributed by atoms with Gasteiger partial charge in [-0.3, -0.25) is 14.3 Å². The van der Waals surface area contributed by atoms with Crippen molar-refractivity contribution in [2.45, 2.75) is 25.3 Å². The first kappa shape index (κ1) is 9.70. The maximum atomic E-state index is 11.4. The molecule has 0 unspecified atom stereocenters. The van der Waals surface area contributed by atoms with E-state index in [0.29, 0.717) is 0 Å². The summed E-state index contributed by atoms with van der Waals surface area (Å²) < 4.78 is 1.30. The van der Waals surface area contributed by atoms with E-state index in [2.05, 4.69) is 0 Å². The average Bonchev–Trinajstić information content (AvgIpc) is 2.05. The second-order valence-electron chi connectivity index (χ2n) is 3.60. The van der Waals surface area contributed by atoms with E-state index in [-0.39, 0.29) is 11.6 Å². The van der Waals surface area contributed by atoms with Crippen molar-refractivity contribution in [1.29, 1.82) is 0 Å². The summed E-state index contributed by atoms with van der Waals surface area (Å²) in [6.45, 7) is 0. The minimum absolute atomic E-state index is 0.0347. The molecule has 2 N–H and O–H groups in total. The van der Waals surface area contributed by atoms with Crippen molar-refractivity contribution >= 4 is 5.97 Å². The Labute approximate surface area is 84.2 Å². The molecule has 1 aromatic rings. The van der Waals surface area contributed by atoms with Crippen LogP contribution in [0, 0.1) is 0 Å². The summed E-state index contributed by atoms with van der Waals surface area (Å²) in [6, 6.07) is 0.0347. The number of aromatic nitrogens is 2. The predicted octanol–water partition coefficient (Wildman–Crippen LogP) is -0.0402. The van der Waals surface area contributed by atoms with Gasteiger partial charge in [0.1, 0.15) is 5.56 Å². The van der Waals surface area contributed by atoms with Gasteiger partial charge in [0.15, 0.2) is 0 Å². The predicted molar refractivity (Wildman–Crippen MR) is 51.2 cm³/mol. The summed E-state index contributed by atoms with van der Waals surface area (Å²) in [7, 11) is 0. The molecule has 1 heterocycles. The number of nitrogens with zero attached hydrogens (tertiary/aromatic N) is 1. The summed E-state index contributed by atoms with van der Waals surface area (Å²) in [5.41, 5.74) is -1.76. The lowest BCUT2D eigenvalue weighted by atomic mass is 9.93. The number of hydrogen-bond acceptors (Lipinski definition) is 3. The maximum absolute atomic E-state index is 11.4. The molecule has 1 aliphatic carbocycles. The summed E-state index contributed by atoms with van der Waals surface area (Å²) in [5, 5.41) is 8.72. The van der Waals surface area contributed by atoms with Crippen LogP contribution in [-0.4, -0.2) is 20.6 Å². The first-order valence-electron chi connectivity index (χ1n) is 4.68. The first-order valence-corrected chi connectivity index (χ1v) is 4.68. The fourth-order valence-corrected chi connectivity index (χ4v) is 1.57. The van der Waals surface area contributed by atoms with E-state index in [1.54, 1.807) is 0 Å². The molecule has 0 bridgehead atoms. The molecule has 0 amide bonds. The molecule has 15 heavy (non-hydrogen) atoms. The number of nitrogens with one attached hydrogen (secondary N) is 1. The lowest BCUT2D eigenvalue weighted by Crippen LogP contribution is -2.37. The van der Waals surface area contributed by atoms with Crippen molar-refractivity contribution in [2.75, 3.05) is 0 Å². The summed E-state index contributed by atoms with van der Waals surface area (Å²) in [5.74, 6) is -1.32. The smallest absolute Gasteiger partial charge is 0.342 e. The van der Waals surface area contributed by atoms with Gasteiger partial charge in [-0.05, 0) is 19.3 Å². The maximum Gasteiger partial charge on any atom is 0.342 e. The van der Waals surface area contributed by atoms with E-state index < -0.39 is 17.2 Å². The van der Waals surface area contributed by atoms with Gasteiger partial charge in [-0.2, -0.15) is 0 Å². The van der Waals surface area contributed by atoms with E-state index in [1.165, 1.54) is 4.57 Å². The van der Waals surface area contributed by atoms with Gasteiger partial charge in [-0.1, -0.05) is 0 Å². The standard InChI is InChI=1S/C9H10N2O4/c12-7-6(8(13)14)4-11(9(15)10-7)5-2-1-3-5/h4-5H,1-3H2,(H,13,14)(H,10,12,15). The number of rotatable bonds is 2. The second kappa shape index (κ2) is 3.38. The second-order valence-corrected chi connectivity index (χ2v) is 3.60. The molecule has 1 aromatic heterocycles. The van der Waals surface area contributed by atoms with Crippen molar-refractivity contribution in [3.63, 3.8) is 0 Å². The van der Waals surface area contributed by atoms with Crippen LogP contribution in [0.5, 0.6) is 0 Å². The molecule has 6 nitrogen and oxygen atoms in total. The lowest BCUT2D eigenvalue weighted by Gasteiger charge is -2.27. The van der Waals surface area contributed by atoms with Crippen LogP contribution in [-0.2, 0) is 0 Å². The van der Waals surface area contributed by atoms with Crippen LogP contribution < -0.4 is 11.2 Å². The molecule has 0 radical (unpaired) electrons. The van der Waals surface area contributed by atoms with Gasteiger partial charge < -0.3 is 5.11 Å². The minimum Gasteiger partial charge on any atom is -0.477 e. The fraction of sp³-hybridized carbons (Fsp3) is 0.444. The van der Waals surface area contributed by atoms with Gasteiger partial charge in [0.2, 0.25) is 0 Å². The fourth-order valence-electron chi connectivity index (χ4n) is 1.57. The van der Waals surface area contributed by atoms with Gasteiger partial charge in [0.25, 0.3) is 5.56 Å². The van der Waals surface area contributed by atoms with Crippen LogP contribution in [0.1, 0.15) is 35.7 Å². The average molecular weight is 210 g/mol. The molecule has 1 fully saturated rings. The van der Waals surface area contributed by atoms with Gasteiger partial charge in [0.05, 0.1) is 0 Å². The van der Waals surface area contributed by atoms with Crippen molar-refractivity contribution in [1.82, 2.24) is 9.55 Å². The Bertz CT molecular complexity index is 510. The van der Waals surface area contributed by atoms with E-state index in [1.807, 2.05) is 4.98 Å². The van der Waals surface area contributed by atoms with Crippen LogP contribution in [0.15, 0.2) is 15.8 Å². The number of aromatic carboxylic acids is 1. The van der Waals surface area contributed by atoms with Gasteiger partial charge in [-0.15, -0.1) is 0 Å². The third kappa shape index (κ3) is 1.58. The van der Waals surface area contributed by atoms with Crippen molar-refractivity contribution in [3.8, 4) is 0 Å². The Kier molecular flexibility index (Phi) is 2.18. The zero-order valence-corrected chi connectivity index (χ0v) is 7.90. The summed E-state index contributed by atoms with van der Waals surface area (Å²) >= 11 is 0. The molecular weight excluding hydrogens is 200 g/mol. The number of carboxylic acid groups (broad SMARTS) is 1. The van der Waals surface area contributed by atoms with Crippen LogP contribution in [0.4, 0.5) is 0 Å².